The molecule has 2 aromatic rings. The third kappa shape index (κ3) is 3.95. The molecule has 2 rings (SSSR count). The molecule has 2 nitrogen and oxygen atoms in total. The molecule has 0 aliphatic rings. The van der Waals surface area contributed by atoms with Gasteiger partial charge in [0.1, 0.15) is 5.75 Å². The smallest absolute Gasteiger partial charge is 0.185 e. The minimum atomic E-state index is -0.0317. The van der Waals surface area contributed by atoms with Gasteiger partial charge in [-0.25, -0.2) is 0 Å². The van der Waals surface area contributed by atoms with Gasteiger partial charge in [-0.05, 0) is 42.8 Å². The van der Waals surface area contributed by atoms with Crippen molar-refractivity contribution < 1.29 is 9.53 Å². The Balaban J connectivity index is 2.06. The molecule has 0 N–H and O–H groups in total. The van der Waals surface area contributed by atoms with Crippen LogP contribution in [0.2, 0.25) is 0 Å². The number of ketones is 1. The Bertz CT molecular complexity index is 622. The number of ether oxygens (including phenoxy) is 1. The molecule has 0 radical (unpaired) electrons. The fourth-order valence-corrected chi connectivity index (χ4v) is 1.72. The summed E-state index contributed by atoms with van der Waals surface area (Å²) in [6.45, 7) is 5.45. The Morgan fingerprint density at radius 2 is 1.70 bits per heavy atom. The van der Waals surface area contributed by atoms with E-state index in [4.69, 9.17) is 4.74 Å². The Hall–Kier alpha value is -2.61. The van der Waals surface area contributed by atoms with E-state index in [1.54, 1.807) is 43.3 Å². The second-order valence-corrected chi connectivity index (χ2v) is 4.44. The van der Waals surface area contributed by atoms with Gasteiger partial charge in [-0.15, -0.1) is 0 Å². The predicted octanol–water partition coefficient (Wildman–Crippen LogP) is 4.50. The normalized spacial score (nSPS) is 10.4. The molecule has 2 heteroatoms. The first-order valence-corrected chi connectivity index (χ1v) is 6.36. The maximum Gasteiger partial charge on any atom is 0.185 e. The molecule has 0 unspecified atom stereocenters. The van der Waals surface area contributed by atoms with Crippen LogP contribution in [0.15, 0.2) is 73.0 Å². The summed E-state index contributed by atoms with van der Waals surface area (Å²) in [5.74, 6) is 1.27. The molecule has 0 fully saturated rings. The summed E-state index contributed by atoms with van der Waals surface area (Å²) < 4.78 is 5.35. The number of benzene rings is 2. The maximum atomic E-state index is 12.0. The van der Waals surface area contributed by atoms with Crippen LogP contribution >= 0.6 is 0 Å². The minimum Gasteiger partial charge on any atom is -0.463 e. The molecule has 0 saturated carbocycles. The van der Waals surface area contributed by atoms with Crippen molar-refractivity contribution in [1.82, 2.24) is 0 Å². The molecule has 0 aliphatic heterocycles. The molecule has 2 aromatic carbocycles. The van der Waals surface area contributed by atoms with Gasteiger partial charge < -0.3 is 4.74 Å². The average molecular weight is 264 g/mol. The number of rotatable bonds is 5. The van der Waals surface area contributed by atoms with Gasteiger partial charge in [-0.2, -0.15) is 0 Å². The SMILES string of the molecule is C=C(C)Oc1ccc(C(=O)C=Cc2ccccc2)cc1. The van der Waals surface area contributed by atoms with Crippen LogP contribution in [0.5, 0.6) is 5.75 Å². The lowest BCUT2D eigenvalue weighted by molar-refractivity contribution is 0.104. The van der Waals surface area contributed by atoms with Crippen LogP contribution in [0.3, 0.4) is 0 Å². The zero-order valence-corrected chi connectivity index (χ0v) is 11.4. The predicted molar refractivity (Wildman–Crippen MR) is 81.7 cm³/mol. The second kappa shape index (κ2) is 6.53. The lowest BCUT2D eigenvalue weighted by Gasteiger charge is -2.04. The van der Waals surface area contributed by atoms with Crippen molar-refractivity contribution in [3.8, 4) is 5.75 Å². The summed E-state index contributed by atoms with van der Waals surface area (Å²) >= 11 is 0. The van der Waals surface area contributed by atoms with Crippen molar-refractivity contribution in [2.24, 2.45) is 0 Å². The summed E-state index contributed by atoms with van der Waals surface area (Å²) in [5.41, 5.74) is 1.63. The second-order valence-electron chi connectivity index (χ2n) is 4.44. The highest BCUT2D eigenvalue weighted by Gasteiger charge is 2.02. The number of hydrogen-bond acceptors (Lipinski definition) is 2. The fourth-order valence-electron chi connectivity index (χ4n) is 1.72. The lowest BCUT2D eigenvalue weighted by Crippen LogP contribution is -1.95. The molecule has 0 saturated heterocycles. The van der Waals surface area contributed by atoms with Gasteiger partial charge in [-0.3, -0.25) is 4.79 Å². The first-order chi connectivity index (χ1) is 9.65. The number of hydrogen-bond donors (Lipinski definition) is 0. The monoisotopic (exact) mass is 264 g/mol. The van der Waals surface area contributed by atoms with Gasteiger partial charge in [-0.1, -0.05) is 43.0 Å². The Morgan fingerprint density at radius 3 is 2.30 bits per heavy atom. The van der Waals surface area contributed by atoms with Crippen molar-refractivity contribution in [3.63, 3.8) is 0 Å². The Labute approximate surface area is 119 Å². The van der Waals surface area contributed by atoms with Crippen molar-refractivity contribution in [2.45, 2.75) is 6.92 Å². The molecule has 0 bridgehead atoms. The highest BCUT2D eigenvalue weighted by atomic mass is 16.5. The van der Waals surface area contributed by atoms with Crippen LogP contribution in [-0.2, 0) is 0 Å². The number of carbonyl (C=O) groups excluding carboxylic acids is 1. The van der Waals surface area contributed by atoms with E-state index in [0.717, 1.165) is 5.56 Å². The van der Waals surface area contributed by atoms with Crippen LogP contribution in [0.25, 0.3) is 6.08 Å². The summed E-state index contributed by atoms with van der Waals surface area (Å²) in [6, 6.07) is 16.7. The third-order valence-electron chi connectivity index (χ3n) is 2.66. The van der Waals surface area contributed by atoms with E-state index in [-0.39, 0.29) is 5.78 Å². The first-order valence-electron chi connectivity index (χ1n) is 6.36. The van der Waals surface area contributed by atoms with Crippen LogP contribution in [0.1, 0.15) is 22.8 Å². The molecular formula is C18H16O2. The molecular weight excluding hydrogens is 248 g/mol. The van der Waals surface area contributed by atoms with Crippen LogP contribution in [0, 0.1) is 0 Å². The number of allylic oxidation sites excluding steroid dienone is 2. The van der Waals surface area contributed by atoms with Crippen LogP contribution < -0.4 is 4.74 Å². The third-order valence-corrected chi connectivity index (χ3v) is 2.66. The molecule has 0 spiro atoms. The first kappa shape index (κ1) is 13.8. The molecule has 0 atom stereocenters. The molecule has 20 heavy (non-hydrogen) atoms. The zero-order chi connectivity index (χ0) is 14.4. The Morgan fingerprint density at radius 1 is 1.05 bits per heavy atom. The van der Waals surface area contributed by atoms with Crippen molar-refractivity contribution in [2.75, 3.05) is 0 Å². The molecule has 0 aromatic heterocycles. The Kier molecular flexibility index (Phi) is 4.51. The van der Waals surface area contributed by atoms with Crippen molar-refractivity contribution in [1.29, 1.82) is 0 Å². The van der Waals surface area contributed by atoms with E-state index in [9.17, 15) is 4.79 Å². The van der Waals surface area contributed by atoms with E-state index >= 15 is 0 Å². The lowest BCUT2D eigenvalue weighted by atomic mass is 10.1. The topological polar surface area (TPSA) is 26.3 Å². The summed E-state index contributed by atoms with van der Waals surface area (Å²) in [4.78, 5) is 12.0. The summed E-state index contributed by atoms with van der Waals surface area (Å²) in [6.07, 6.45) is 3.38. The zero-order valence-electron chi connectivity index (χ0n) is 11.4. The van der Waals surface area contributed by atoms with Gasteiger partial charge in [0.2, 0.25) is 0 Å². The highest BCUT2D eigenvalue weighted by Crippen LogP contribution is 2.15. The summed E-state index contributed by atoms with van der Waals surface area (Å²) in [7, 11) is 0. The van der Waals surface area contributed by atoms with Gasteiger partial charge in [0.05, 0.1) is 5.76 Å². The van der Waals surface area contributed by atoms with Crippen LogP contribution in [-0.4, -0.2) is 5.78 Å². The van der Waals surface area contributed by atoms with Gasteiger partial charge in [0, 0.05) is 5.56 Å². The van der Waals surface area contributed by atoms with E-state index in [1.165, 1.54) is 0 Å². The quantitative estimate of drug-likeness (QED) is 0.451. The van der Waals surface area contributed by atoms with E-state index < -0.39 is 0 Å². The van der Waals surface area contributed by atoms with E-state index in [2.05, 4.69) is 6.58 Å². The molecule has 0 heterocycles. The molecule has 0 amide bonds. The van der Waals surface area contributed by atoms with E-state index in [0.29, 0.717) is 17.1 Å². The fraction of sp³-hybridized carbons (Fsp3) is 0.0556. The largest absolute Gasteiger partial charge is 0.463 e. The van der Waals surface area contributed by atoms with Crippen molar-refractivity contribution >= 4 is 11.9 Å². The van der Waals surface area contributed by atoms with Gasteiger partial charge >= 0.3 is 0 Å². The van der Waals surface area contributed by atoms with E-state index in [1.807, 2.05) is 30.3 Å². The molecule has 100 valence electrons. The molecule has 0 aliphatic carbocycles. The van der Waals surface area contributed by atoms with Crippen molar-refractivity contribution in [3.05, 3.63) is 84.1 Å². The average Bonchev–Trinajstić information content (AvgIpc) is 2.46. The number of carbonyl (C=O) groups is 1. The summed E-state index contributed by atoms with van der Waals surface area (Å²) in [5, 5.41) is 0. The van der Waals surface area contributed by atoms with Gasteiger partial charge in [0.15, 0.2) is 5.78 Å². The van der Waals surface area contributed by atoms with Crippen LogP contribution in [0.4, 0.5) is 0 Å². The maximum absolute atomic E-state index is 12.0. The highest BCUT2D eigenvalue weighted by molar-refractivity contribution is 6.06. The minimum absolute atomic E-state index is 0.0317. The standard InChI is InChI=1S/C18H16O2/c1-14(2)20-17-11-9-16(10-12-17)18(19)13-8-15-6-4-3-5-7-15/h3-13H,1H2,2H3. The van der Waals surface area contributed by atoms with Gasteiger partial charge in [0.25, 0.3) is 0 Å².